The molecule has 0 bridgehead atoms. The SMILES string of the molecule is COc1cc(C(=O)Nc2cccc(-c3cccc(NC(=O)c4cc(OC)c(CN5CCCC[C@H]5C(=O)O)cn4)c3Cl)c2C)ncc1CNCCNC(=O)CCCOc1ccc(CCNc2nc(N)n3nc(-c4ccco4)nc3n2)cc1. The van der Waals surface area contributed by atoms with E-state index in [4.69, 9.17) is 36.0 Å². The van der Waals surface area contributed by atoms with Gasteiger partial charge in [-0.2, -0.15) is 19.5 Å². The molecule has 24 heteroatoms. The van der Waals surface area contributed by atoms with Crippen LogP contribution in [0.2, 0.25) is 5.02 Å². The van der Waals surface area contributed by atoms with E-state index >= 15 is 0 Å². The van der Waals surface area contributed by atoms with Crippen molar-refractivity contribution in [2.45, 2.75) is 64.6 Å². The number of rotatable bonds is 25. The molecule has 1 fully saturated rings. The number of furan rings is 1. The van der Waals surface area contributed by atoms with E-state index in [0.29, 0.717) is 135 Å². The third-order valence-corrected chi connectivity index (χ3v) is 13.9. The highest BCUT2D eigenvalue weighted by molar-refractivity contribution is 6.36. The number of carbonyl (C=O) groups excluding carboxylic acids is 3. The largest absolute Gasteiger partial charge is 0.496 e. The van der Waals surface area contributed by atoms with Crippen LogP contribution in [0.15, 0.2) is 108 Å². The van der Waals surface area contributed by atoms with Crippen LogP contribution >= 0.6 is 11.6 Å². The number of nitrogens with zero attached hydrogens (tertiary/aromatic N) is 8. The Hall–Kier alpha value is -9.19. The molecular weight excluding hydrogens is 1060 g/mol. The lowest BCUT2D eigenvalue weighted by Gasteiger charge is -2.33. The maximum atomic E-state index is 13.6. The van der Waals surface area contributed by atoms with Gasteiger partial charge in [-0.25, -0.2) is 0 Å². The number of methoxy groups -OCH3 is 2. The number of hydrogen-bond donors (Lipinski definition) is 7. The number of aliphatic carboxylic acids is 1. The number of halogens is 1. The van der Waals surface area contributed by atoms with Crippen molar-refractivity contribution >= 4 is 64.3 Å². The van der Waals surface area contributed by atoms with Gasteiger partial charge in [0.05, 0.1) is 37.8 Å². The lowest BCUT2D eigenvalue weighted by atomic mass is 9.98. The summed E-state index contributed by atoms with van der Waals surface area (Å²) in [5.41, 5.74) is 11.7. The van der Waals surface area contributed by atoms with E-state index in [1.165, 1.54) is 37.3 Å². The van der Waals surface area contributed by atoms with Crippen LogP contribution in [-0.4, -0.2) is 121 Å². The zero-order chi connectivity index (χ0) is 56.8. The summed E-state index contributed by atoms with van der Waals surface area (Å²) in [7, 11) is 3.01. The Morgan fingerprint density at radius 1 is 0.827 bits per heavy atom. The van der Waals surface area contributed by atoms with Crippen LogP contribution in [-0.2, 0) is 29.1 Å². The molecule has 6 heterocycles. The summed E-state index contributed by atoms with van der Waals surface area (Å²) in [6, 6.07) is 24.4. The van der Waals surface area contributed by atoms with Crippen molar-refractivity contribution in [3.05, 3.63) is 142 Å². The molecule has 0 radical (unpaired) electrons. The summed E-state index contributed by atoms with van der Waals surface area (Å²) in [6.45, 7) is 5.00. The number of fused-ring (bicyclic) bond motifs is 1. The number of benzene rings is 3. The standard InChI is InChI=1S/C57H61ClN14O9/c1-34-39(40-11-7-13-42(50(40)58)66-53(75)44-29-48(79-3)37(32-64-44)33-71-25-5-4-14-45(71)54(76)77)10-6-12-41(34)65-52(74)43-28-47(78-2)36(31-63-43)30-60-23-24-61-49(73)16-9-26-80-38-19-17-35(18-20-38)21-22-62-56-68-55(59)72-57(69-56)67-51(70-72)46-15-8-27-81-46/h6-8,10-13,15,17-20,27-29,31-32,45,60H,4-5,9,14,16,21-26,30,33H2,1-3H3,(H,61,73)(H,65,74)(H,66,75)(H,76,77)(H3,59,62,67,68,69,70)/t45-/m0/s1. The summed E-state index contributed by atoms with van der Waals surface area (Å²) in [4.78, 5) is 75.4. The molecule has 8 aromatic rings. The fourth-order valence-corrected chi connectivity index (χ4v) is 9.53. The molecule has 1 aliphatic rings. The average Bonchev–Trinajstić information content (AvgIpc) is 4.40. The molecule has 1 saturated heterocycles. The Balaban J connectivity index is 0.687. The highest BCUT2D eigenvalue weighted by Crippen LogP contribution is 2.38. The number of piperidine rings is 1. The van der Waals surface area contributed by atoms with Crippen molar-refractivity contribution < 1.29 is 42.9 Å². The van der Waals surface area contributed by atoms with Crippen LogP contribution in [0.4, 0.5) is 23.3 Å². The van der Waals surface area contributed by atoms with Crippen molar-refractivity contribution in [1.29, 1.82) is 0 Å². The number of ether oxygens (including phenoxy) is 3. The summed E-state index contributed by atoms with van der Waals surface area (Å²) < 4.78 is 23.8. The van der Waals surface area contributed by atoms with Crippen molar-refractivity contribution in [2.75, 3.05) is 68.7 Å². The van der Waals surface area contributed by atoms with Gasteiger partial charge < -0.3 is 56.1 Å². The van der Waals surface area contributed by atoms with Crippen molar-refractivity contribution in [3.63, 3.8) is 0 Å². The second kappa shape index (κ2) is 26.6. The number of nitrogen functional groups attached to an aromatic ring is 1. The van der Waals surface area contributed by atoms with E-state index in [2.05, 4.69) is 56.6 Å². The van der Waals surface area contributed by atoms with Crippen molar-refractivity contribution in [2.24, 2.45) is 0 Å². The molecule has 0 aliphatic carbocycles. The van der Waals surface area contributed by atoms with E-state index in [-0.39, 0.29) is 28.3 Å². The Morgan fingerprint density at radius 2 is 1.54 bits per heavy atom. The molecule has 3 aromatic carbocycles. The van der Waals surface area contributed by atoms with Crippen LogP contribution < -0.4 is 46.5 Å². The Morgan fingerprint density at radius 3 is 2.27 bits per heavy atom. The van der Waals surface area contributed by atoms with Crippen molar-refractivity contribution in [3.8, 4) is 40.0 Å². The van der Waals surface area contributed by atoms with E-state index < -0.39 is 23.8 Å². The average molecular weight is 1120 g/mol. The predicted molar refractivity (Wildman–Crippen MR) is 304 cm³/mol. The van der Waals surface area contributed by atoms with Gasteiger partial charge in [-0.1, -0.05) is 54.4 Å². The van der Waals surface area contributed by atoms with E-state index in [9.17, 15) is 24.3 Å². The summed E-state index contributed by atoms with van der Waals surface area (Å²) in [5, 5.41) is 29.5. The van der Waals surface area contributed by atoms with Crippen LogP contribution in [0.25, 0.3) is 28.5 Å². The number of hydrogen-bond acceptors (Lipinski definition) is 18. The molecule has 8 N–H and O–H groups in total. The molecule has 9 rings (SSSR count). The number of carboxylic acid groups (broad SMARTS) is 1. The van der Waals surface area contributed by atoms with Gasteiger partial charge in [0.1, 0.15) is 34.7 Å². The van der Waals surface area contributed by atoms with Crippen molar-refractivity contribution in [1.82, 2.24) is 50.1 Å². The van der Waals surface area contributed by atoms with Crippen LogP contribution in [0, 0.1) is 6.92 Å². The number of carboxylic acids is 1. The second-order valence-electron chi connectivity index (χ2n) is 19.0. The second-order valence-corrected chi connectivity index (χ2v) is 19.3. The van der Waals surface area contributed by atoms with E-state index in [1.54, 1.807) is 48.7 Å². The first kappa shape index (κ1) is 56.5. The molecule has 0 saturated carbocycles. The van der Waals surface area contributed by atoms with Gasteiger partial charge in [-0.05, 0) is 92.2 Å². The molecule has 81 heavy (non-hydrogen) atoms. The molecule has 420 valence electrons. The van der Waals surface area contributed by atoms with Crippen LogP contribution in [0.3, 0.4) is 0 Å². The molecule has 23 nitrogen and oxygen atoms in total. The van der Waals surface area contributed by atoms with Gasteiger partial charge in [0.15, 0.2) is 5.76 Å². The summed E-state index contributed by atoms with van der Waals surface area (Å²) >= 11 is 6.97. The Kier molecular flexibility index (Phi) is 18.6. The van der Waals surface area contributed by atoms with Gasteiger partial charge in [0.25, 0.3) is 17.6 Å². The molecule has 3 amide bonds. The zero-order valence-electron chi connectivity index (χ0n) is 44.8. The number of anilines is 4. The number of pyridine rings is 2. The highest BCUT2D eigenvalue weighted by Gasteiger charge is 2.29. The molecule has 1 aliphatic heterocycles. The minimum Gasteiger partial charge on any atom is -0.496 e. The first-order valence-corrected chi connectivity index (χ1v) is 26.6. The summed E-state index contributed by atoms with van der Waals surface area (Å²) in [5.74, 6) is 1.31. The van der Waals surface area contributed by atoms with Gasteiger partial charge in [-0.3, -0.25) is 34.0 Å². The molecule has 0 unspecified atom stereocenters. The number of aromatic nitrogens is 7. The third kappa shape index (κ3) is 14.2. The van der Waals surface area contributed by atoms with Crippen LogP contribution in [0.5, 0.6) is 17.2 Å². The van der Waals surface area contributed by atoms with E-state index in [1.807, 2.05) is 48.2 Å². The first-order valence-electron chi connectivity index (χ1n) is 26.3. The number of carbonyl (C=O) groups is 4. The van der Waals surface area contributed by atoms with Gasteiger partial charge in [0.2, 0.25) is 23.6 Å². The molecule has 0 spiro atoms. The molecule has 5 aromatic heterocycles. The first-order chi connectivity index (χ1) is 39.3. The monoisotopic (exact) mass is 1120 g/mol. The number of likely N-dealkylation sites (tertiary alicyclic amines) is 1. The number of nitrogens with one attached hydrogen (secondary N) is 5. The summed E-state index contributed by atoms with van der Waals surface area (Å²) in [6.07, 6.45) is 8.51. The zero-order valence-corrected chi connectivity index (χ0v) is 45.6. The number of amides is 3. The van der Waals surface area contributed by atoms with Gasteiger partial charge >= 0.3 is 5.97 Å². The Labute approximate surface area is 471 Å². The Bertz CT molecular complexity index is 3530. The fraction of sp³-hybridized carbons (Fsp3) is 0.298. The fourth-order valence-electron chi connectivity index (χ4n) is 9.25. The minimum atomic E-state index is -0.864. The predicted octanol–water partition coefficient (Wildman–Crippen LogP) is 7.46. The normalized spacial score (nSPS) is 13.4. The highest BCUT2D eigenvalue weighted by atomic mass is 35.5. The third-order valence-electron chi connectivity index (χ3n) is 13.5. The van der Waals surface area contributed by atoms with Crippen LogP contribution in [0.1, 0.15) is 75.3 Å². The lowest BCUT2D eigenvalue weighted by molar-refractivity contribution is -0.144. The number of nitrogens with two attached hydrogens (primary N) is 1. The molecule has 1 atom stereocenters. The quantitative estimate of drug-likeness (QED) is 0.0273. The minimum absolute atomic E-state index is 0.0882. The smallest absolute Gasteiger partial charge is 0.320 e. The van der Waals surface area contributed by atoms with Gasteiger partial charge in [-0.15, -0.1) is 5.10 Å². The maximum absolute atomic E-state index is 13.6. The maximum Gasteiger partial charge on any atom is 0.320 e. The van der Waals surface area contributed by atoms with E-state index in [0.717, 1.165) is 35.1 Å². The molecular formula is C57H61ClN14O9. The topological polar surface area (TPSA) is 300 Å². The lowest BCUT2D eigenvalue weighted by Crippen LogP contribution is -2.44. The van der Waals surface area contributed by atoms with Gasteiger partial charge in [0, 0.05) is 86.0 Å².